The first-order valence-corrected chi connectivity index (χ1v) is 11.5. The number of hydrogen-bond acceptors (Lipinski definition) is 6. The van der Waals surface area contributed by atoms with Crippen LogP contribution in [0, 0.1) is 6.92 Å². The first-order chi connectivity index (χ1) is 16.3. The van der Waals surface area contributed by atoms with Gasteiger partial charge in [0, 0.05) is 39.4 Å². The minimum atomic E-state index is -4.70. The van der Waals surface area contributed by atoms with Crippen molar-refractivity contribution in [3.63, 3.8) is 0 Å². The van der Waals surface area contributed by atoms with Gasteiger partial charge in [-0.3, -0.25) is 19.0 Å². The Labute approximate surface area is 207 Å². The number of nitrogens with one attached hydrogen (secondary N) is 1. The summed E-state index contributed by atoms with van der Waals surface area (Å²) in [4.78, 5) is 40.6. The quantitative estimate of drug-likeness (QED) is 0.598. The number of aryl methyl sites for hydroxylation is 2. The molecule has 3 rings (SSSR count). The number of nitrogens with zero attached hydrogens (tertiary/aromatic N) is 6. The molecular weight excluding hydrogens is 539 g/mol. The molecule has 1 fully saturated rings. The van der Waals surface area contributed by atoms with E-state index in [4.69, 9.17) is 4.74 Å². The van der Waals surface area contributed by atoms with Crippen molar-refractivity contribution < 1.29 is 32.3 Å². The second kappa shape index (κ2) is 10.3. The smallest absolute Gasteiger partial charge is 0.434 e. The number of halogens is 4. The zero-order valence-corrected chi connectivity index (χ0v) is 21.1. The third kappa shape index (κ3) is 5.60. The summed E-state index contributed by atoms with van der Waals surface area (Å²) < 4.78 is 46.0. The van der Waals surface area contributed by atoms with Crippen LogP contribution in [-0.2, 0) is 22.8 Å². The molecule has 35 heavy (non-hydrogen) atoms. The van der Waals surface area contributed by atoms with Gasteiger partial charge in [-0.1, -0.05) is 0 Å². The summed E-state index contributed by atoms with van der Waals surface area (Å²) >= 11 is 2.82. The molecule has 2 aromatic rings. The fraction of sp³-hybridized carbons (Fsp3) is 0.550. The third-order valence-corrected chi connectivity index (χ3v) is 6.26. The normalized spacial score (nSPS) is 15.2. The molecule has 1 N–H and O–H groups in total. The Hall–Kier alpha value is -3.10. The number of piperazine rings is 1. The maximum atomic E-state index is 13.2. The number of rotatable bonds is 5. The van der Waals surface area contributed by atoms with Crippen molar-refractivity contribution in [2.75, 3.05) is 38.1 Å². The predicted molar refractivity (Wildman–Crippen MR) is 121 cm³/mol. The molecule has 15 heteroatoms. The van der Waals surface area contributed by atoms with Crippen LogP contribution in [0.1, 0.15) is 41.8 Å². The second-order valence-electron chi connectivity index (χ2n) is 7.88. The van der Waals surface area contributed by atoms with E-state index < -0.39 is 40.1 Å². The molecule has 3 amide bonds. The van der Waals surface area contributed by atoms with E-state index in [1.807, 2.05) is 0 Å². The molecule has 0 bridgehead atoms. The SMILES string of the molecule is CCOC(=O)N1CCN(C(=O)C(C)n2cc(NC(=O)c3nn(C)c(C(F)(F)F)c3Br)c(C)n2)CC1. The minimum absolute atomic E-state index is 0.226. The number of carbonyl (C=O) groups is 3. The number of aromatic nitrogens is 4. The Balaban J connectivity index is 1.68. The van der Waals surface area contributed by atoms with E-state index in [2.05, 4.69) is 31.4 Å². The van der Waals surface area contributed by atoms with Crippen molar-refractivity contribution in [3.05, 3.63) is 27.8 Å². The van der Waals surface area contributed by atoms with Gasteiger partial charge < -0.3 is 19.9 Å². The van der Waals surface area contributed by atoms with Gasteiger partial charge in [0.25, 0.3) is 5.91 Å². The molecule has 0 aliphatic carbocycles. The molecule has 1 aliphatic rings. The lowest BCUT2D eigenvalue weighted by Gasteiger charge is -2.35. The molecule has 192 valence electrons. The van der Waals surface area contributed by atoms with E-state index >= 15 is 0 Å². The zero-order chi connectivity index (χ0) is 26.1. The van der Waals surface area contributed by atoms with Crippen LogP contribution in [0.2, 0.25) is 0 Å². The monoisotopic (exact) mass is 563 g/mol. The largest absolute Gasteiger partial charge is 0.450 e. The number of hydrogen-bond donors (Lipinski definition) is 1. The maximum Gasteiger partial charge on any atom is 0.434 e. The molecule has 1 saturated heterocycles. The van der Waals surface area contributed by atoms with Crippen molar-refractivity contribution in [3.8, 4) is 0 Å². The highest BCUT2D eigenvalue weighted by atomic mass is 79.9. The fourth-order valence-electron chi connectivity index (χ4n) is 3.64. The third-order valence-electron chi connectivity index (χ3n) is 5.51. The number of ether oxygens (including phenoxy) is 1. The standard InChI is InChI=1S/C20H25BrF3N7O4/c1-5-35-19(34)30-8-6-29(7-9-30)18(33)12(3)31-10-13(11(2)26-31)25-17(32)15-14(21)16(20(22,23)24)28(4)27-15/h10,12H,5-9H2,1-4H3,(H,25,32). The summed E-state index contributed by atoms with van der Waals surface area (Å²) in [7, 11) is 1.09. The lowest BCUT2D eigenvalue weighted by atomic mass is 10.2. The Kier molecular flexibility index (Phi) is 7.77. The highest BCUT2D eigenvalue weighted by molar-refractivity contribution is 9.10. The van der Waals surface area contributed by atoms with Gasteiger partial charge in [0.2, 0.25) is 5.91 Å². The van der Waals surface area contributed by atoms with Gasteiger partial charge in [0.1, 0.15) is 6.04 Å². The Morgan fingerprint density at radius 2 is 1.77 bits per heavy atom. The molecular formula is C20H25BrF3N7O4. The first-order valence-electron chi connectivity index (χ1n) is 10.7. The van der Waals surface area contributed by atoms with E-state index in [0.717, 1.165) is 7.05 Å². The van der Waals surface area contributed by atoms with Gasteiger partial charge in [-0.2, -0.15) is 23.4 Å². The Morgan fingerprint density at radius 1 is 1.17 bits per heavy atom. The summed E-state index contributed by atoms with van der Waals surface area (Å²) in [6.45, 7) is 6.58. The van der Waals surface area contributed by atoms with Crippen LogP contribution in [0.5, 0.6) is 0 Å². The topological polar surface area (TPSA) is 115 Å². The highest BCUT2D eigenvalue weighted by Crippen LogP contribution is 2.36. The molecule has 0 aromatic carbocycles. The summed E-state index contributed by atoms with van der Waals surface area (Å²) in [5, 5.41) is 10.5. The van der Waals surface area contributed by atoms with Crippen LogP contribution < -0.4 is 5.32 Å². The van der Waals surface area contributed by atoms with Crippen molar-refractivity contribution in [2.24, 2.45) is 7.05 Å². The van der Waals surface area contributed by atoms with Gasteiger partial charge in [0.05, 0.1) is 22.5 Å². The summed E-state index contributed by atoms with van der Waals surface area (Å²) in [5.74, 6) is -1.09. The molecule has 2 aromatic heterocycles. The number of anilines is 1. The molecule has 0 spiro atoms. The Morgan fingerprint density at radius 3 is 2.31 bits per heavy atom. The maximum absolute atomic E-state index is 13.2. The van der Waals surface area contributed by atoms with Crippen molar-refractivity contribution in [1.82, 2.24) is 29.4 Å². The minimum Gasteiger partial charge on any atom is -0.450 e. The van der Waals surface area contributed by atoms with Crippen molar-refractivity contribution >= 4 is 39.5 Å². The van der Waals surface area contributed by atoms with Gasteiger partial charge in [-0.25, -0.2) is 4.79 Å². The number of amides is 3. The van der Waals surface area contributed by atoms with Gasteiger partial charge >= 0.3 is 12.3 Å². The van der Waals surface area contributed by atoms with Gasteiger partial charge in [-0.05, 0) is 36.7 Å². The van der Waals surface area contributed by atoms with Crippen molar-refractivity contribution in [2.45, 2.75) is 33.0 Å². The number of carbonyl (C=O) groups excluding carboxylic acids is 3. The lowest BCUT2D eigenvalue weighted by Crippen LogP contribution is -2.52. The molecule has 0 saturated carbocycles. The van der Waals surface area contributed by atoms with Gasteiger partial charge in [-0.15, -0.1) is 0 Å². The molecule has 1 atom stereocenters. The Bertz CT molecular complexity index is 1120. The number of alkyl halides is 3. The van der Waals surface area contributed by atoms with E-state index in [1.165, 1.54) is 15.8 Å². The van der Waals surface area contributed by atoms with Crippen LogP contribution in [-0.4, -0.2) is 80.1 Å². The zero-order valence-electron chi connectivity index (χ0n) is 19.5. The molecule has 1 aliphatic heterocycles. The molecule has 0 radical (unpaired) electrons. The van der Waals surface area contributed by atoms with Crippen LogP contribution in [0.3, 0.4) is 0 Å². The van der Waals surface area contributed by atoms with E-state index in [9.17, 15) is 27.6 Å². The highest BCUT2D eigenvalue weighted by Gasteiger charge is 2.40. The molecule has 1 unspecified atom stereocenters. The predicted octanol–water partition coefficient (Wildman–Crippen LogP) is 2.82. The first kappa shape index (κ1) is 26.5. The fourth-order valence-corrected chi connectivity index (χ4v) is 4.38. The van der Waals surface area contributed by atoms with E-state index in [0.29, 0.717) is 36.6 Å². The van der Waals surface area contributed by atoms with E-state index in [1.54, 1.807) is 25.7 Å². The second-order valence-corrected chi connectivity index (χ2v) is 8.68. The molecule has 3 heterocycles. The summed E-state index contributed by atoms with van der Waals surface area (Å²) in [6, 6.07) is -0.716. The average molecular weight is 564 g/mol. The van der Waals surface area contributed by atoms with Crippen LogP contribution >= 0.6 is 15.9 Å². The van der Waals surface area contributed by atoms with Crippen LogP contribution in [0.4, 0.5) is 23.7 Å². The van der Waals surface area contributed by atoms with Gasteiger partial charge in [0.15, 0.2) is 11.4 Å². The van der Waals surface area contributed by atoms with Crippen LogP contribution in [0.15, 0.2) is 10.7 Å². The summed E-state index contributed by atoms with van der Waals surface area (Å²) in [6.07, 6.45) is -3.68. The van der Waals surface area contributed by atoms with E-state index in [-0.39, 0.29) is 18.2 Å². The summed E-state index contributed by atoms with van der Waals surface area (Å²) in [5.41, 5.74) is -0.922. The van der Waals surface area contributed by atoms with Crippen LogP contribution in [0.25, 0.3) is 0 Å². The van der Waals surface area contributed by atoms with Crippen molar-refractivity contribution in [1.29, 1.82) is 0 Å². The average Bonchev–Trinajstić information content (AvgIpc) is 3.31. The lowest BCUT2D eigenvalue weighted by molar-refractivity contribution is -0.144. The molecule has 11 nitrogen and oxygen atoms in total.